The van der Waals surface area contributed by atoms with Gasteiger partial charge in [0.15, 0.2) is 5.82 Å². The molecule has 0 aliphatic heterocycles. The number of nitrogens with two attached hydrogens (primary N) is 1. The number of esters is 1. The largest absolute Gasteiger partial charge is 0.460 e. The molecule has 1 aromatic carbocycles. The Hall–Kier alpha value is -3.20. The Balaban J connectivity index is 1.57. The molecule has 1 atom stereocenters. The number of fused-ring (bicyclic) bond motifs is 1. The first-order valence-electron chi connectivity index (χ1n) is 8.11. The number of para-hydroxylation sites is 1. The Morgan fingerprint density at radius 2 is 2.23 bits per heavy atom. The molecule has 0 bridgehead atoms. The van der Waals surface area contributed by atoms with Gasteiger partial charge >= 0.3 is 11.8 Å². The van der Waals surface area contributed by atoms with E-state index in [1.165, 1.54) is 10.8 Å². The molecule has 3 aromatic rings. The van der Waals surface area contributed by atoms with Gasteiger partial charge in [0, 0.05) is 30.4 Å². The summed E-state index contributed by atoms with van der Waals surface area (Å²) in [6.45, 7) is 1.78. The molecule has 136 valence electrons. The molecule has 26 heavy (non-hydrogen) atoms. The van der Waals surface area contributed by atoms with Crippen LogP contribution in [-0.4, -0.2) is 38.1 Å². The average Bonchev–Trinajstić information content (AvgIpc) is 3.19. The Bertz CT molecular complexity index is 946. The third-order valence-corrected chi connectivity index (χ3v) is 4.20. The molecule has 2 aromatic heterocycles. The summed E-state index contributed by atoms with van der Waals surface area (Å²) in [5.41, 5.74) is 7.87. The molecule has 3 N–H and O–H groups in total. The molecule has 0 aliphatic carbocycles. The highest BCUT2D eigenvalue weighted by atomic mass is 16.6. The number of ether oxygens (including phenoxy) is 1. The van der Waals surface area contributed by atoms with Crippen LogP contribution in [0.25, 0.3) is 10.9 Å². The topological polar surface area (TPSA) is 129 Å². The maximum absolute atomic E-state index is 12.1. The number of nitrogens with zero attached hydrogens (tertiary/aromatic N) is 3. The van der Waals surface area contributed by atoms with Gasteiger partial charge in [0.05, 0.1) is 0 Å². The summed E-state index contributed by atoms with van der Waals surface area (Å²) in [6.07, 6.45) is 3.35. The van der Waals surface area contributed by atoms with Gasteiger partial charge in [-0.3, -0.25) is 4.79 Å². The molecule has 2 heterocycles. The van der Waals surface area contributed by atoms with Gasteiger partial charge in [0.1, 0.15) is 25.4 Å². The van der Waals surface area contributed by atoms with Crippen molar-refractivity contribution in [2.24, 2.45) is 5.73 Å². The van der Waals surface area contributed by atoms with Gasteiger partial charge in [-0.2, -0.15) is 0 Å². The Morgan fingerprint density at radius 3 is 3.00 bits per heavy atom. The maximum atomic E-state index is 12.1. The molecule has 9 nitrogen and oxygen atoms in total. The van der Waals surface area contributed by atoms with Crippen molar-refractivity contribution < 1.29 is 14.5 Å². The summed E-state index contributed by atoms with van der Waals surface area (Å²) < 4.78 is 6.57. The minimum Gasteiger partial charge on any atom is -0.460 e. The average molecular weight is 357 g/mol. The summed E-state index contributed by atoms with van der Waals surface area (Å²) in [5.74, 6) is -0.201. The number of aromatic amines is 1. The van der Waals surface area contributed by atoms with E-state index < -0.39 is 16.9 Å². The third kappa shape index (κ3) is 3.57. The van der Waals surface area contributed by atoms with Crippen molar-refractivity contribution in [3.63, 3.8) is 0 Å². The van der Waals surface area contributed by atoms with Gasteiger partial charge in [0.2, 0.25) is 0 Å². The fourth-order valence-electron chi connectivity index (χ4n) is 2.84. The molecule has 0 amide bonds. The van der Waals surface area contributed by atoms with Crippen molar-refractivity contribution in [1.29, 1.82) is 0 Å². The van der Waals surface area contributed by atoms with Crippen LogP contribution in [0.5, 0.6) is 0 Å². The van der Waals surface area contributed by atoms with E-state index in [2.05, 4.69) is 9.97 Å². The molecule has 9 heteroatoms. The van der Waals surface area contributed by atoms with Gasteiger partial charge in [-0.05, 0) is 16.6 Å². The Labute approximate surface area is 148 Å². The molecule has 0 aliphatic rings. The zero-order valence-electron chi connectivity index (χ0n) is 14.2. The van der Waals surface area contributed by atoms with E-state index in [0.717, 1.165) is 16.5 Å². The quantitative estimate of drug-likeness (QED) is 0.376. The minimum absolute atomic E-state index is 0.0154. The predicted molar refractivity (Wildman–Crippen MR) is 94.6 cm³/mol. The van der Waals surface area contributed by atoms with Gasteiger partial charge in [-0.15, -0.1) is 0 Å². The number of imidazole rings is 1. The van der Waals surface area contributed by atoms with Crippen LogP contribution in [-0.2, 0) is 22.5 Å². The Kier molecular flexibility index (Phi) is 4.99. The normalized spacial score (nSPS) is 12.2. The van der Waals surface area contributed by atoms with Crippen molar-refractivity contribution in [2.45, 2.75) is 25.9 Å². The fourth-order valence-corrected chi connectivity index (χ4v) is 2.84. The smallest absolute Gasteiger partial charge is 0.342 e. The zero-order chi connectivity index (χ0) is 18.7. The van der Waals surface area contributed by atoms with Crippen LogP contribution in [0.15, 0.2) is 36.7 Å². The number of carbonyl (C=O) groups is 1. The SMILES string of the molecule is Cc1ncc([N+](=O)[O-])n1CCOC(=O)C(N)Cc1c[nH]c2ccccc12. The highest BCUT2D eigenvalue weighted by Gasteiger charge is 2.20. The van der Waals surface area contributed by atoms with Gasteiger partial charge in [0.25, 0.3) is 0 Å². The van der Waals surface area contributed by atoms with Crippen LogP contribution in [0.1, 0.15) is 11.4 Å². The molecular formula is C17H19N5O4. The lowest BCUT2D eigenvalue weighted by molar-refractivity contribution is -0.392. The van der Waals surface area contributed by atoms with E-state index in [1.54, 1.807) is 6.92 Å². The number of H-pyrrole nitrogens is 1. The predicted octanol–water partition coefficient (Wildman–Crippen LogP) is 1.69. The molecule has 3 rings (SSSR count). The number of nitrogens with one attached hydrogen (secondary N) is 1. The second-order valence-corrected chi connectivity index (χ2v) is 5.91. The summed E-state index contributed by atoms with van der Waals surface area (Å²) in [4.78, 5) is 29.6. The molecule has 0 saturated carbocycles. The number of hydrogen-bond acceptors (Lipinski definition) is 6. The molecule has 0 spiro atoms. The summed E-state index contributed by atoms with van der Waals surface area (Å²) in [5, 5.41) is 12.0. The van der Waals surface area contributed by atoms with Crippen LogP contribution >= 0.6 is 0 Å². The number of hydrogen-bond donors (Lipinski definition) is 2. The molecule has 0 fully saturated rings. The van der Waals surface area contributed by atoms with E-state index >= 15 is 0 Å². The minimum atomic E-state index is -0.812. The summed E-state index contributed by atoms with van der Waals surface area (Å²) in [7, 11) is 0. The zero-order valence-corrected chi connectivity index (χ0v) is 14.2. The van der Waals surface area contributed by atoms with E-state index in [-0.39, 0.29) is 19.0 Å². The highest BCUT2D eigenvalue weighted by Crippen LogP contribution is 2.19. The molecule has 0 saturated heterocycles. The van der Waals surface area contributed by atoms with Crippen LogP contribution in [0.2, 0.25) is 0 Å². The number of benzene rings is 1. The van der Waals surface area contributed by atoms with Crippen LogP contribution in [0.3, 0.4) is 0 Å². The summed E-state index contributed by atoms with van der Waals surface area (Å²) in [6, 6.07) is 6.94. The second-order valence-electron chi connectivity index (χ2n) is 5.91. The monoisotopic (exact) mass is 357 g/mol. The fraction of sp³-hybridized carbons (Fsp3) is 0.294. The number of aromatic nitrogens is 3. The third-order valence-electron chi connectivity index (χ3n) is 4.20. The van der Waals surface area contributed by atoms with Crippen molar-refractivity contribution in [3.8, 4) is 0 Å². The molecular weight excluding hydrogens is 338 g/mol. The van der Waals surface area contributed by atoms with Crippen molar-refractivity contribution in [2.75, 3.05) is 6.61 Å². The number of carbonyl (C=O) groups excluding carboxylic acids is 1. The van der Waals surface area contributed by atoms with Crippen LogP contribution in [0.4, 0.5) is 5.82 Å². The second kappa shape index (κ2) is 7.36. The van der Waals surface area contributed by atoms with E-state index in [1.807, 2.05) is 30.5 Å². The van der Waals surface area contributed by atoms with E-state index in [4.69, 9.17) is 10.5 Å². The highest BCUT2D eigenvalue weighted by molar-refractivity contribution is 5.84. The van der Waals surface area contributed by atoms with Gasteiger partial charge in [-0.1, -0.05) is 18.2 Å². The number of rotatable bonds is 7. The number of nitro groups is 1. The lowest BCUT2D eigenvalue weighted by atomic mass is 10.1. The van der Waals surface area contributed by atoms with Crippen molar-refractivity contribution in [3.05, 3.63) is 58.2 Å². The summed E-state index contributed by atoms with van der Waals surface area (Å²) >= 11 is 0. The standard InChI is InChI=1S/C17H19N5O4/c1-11-19-10-16(22(24)25)21(11)6-7-26-17(23)14(18)8-12-9-20-15-5-3-2-4-13(12)15/h2-5,9-10,14,20H,6-8,18H2,1H3. The van der Waals surface area contributed by atoms with Gasteiger partial charge < -0.3 is 25.6 Å². The Morgan fingerprint density at radius 1 is 1.46 bits per heavy atom. The number of aryl methyl sites for hydroxylation is 1. The first kappa shape index (κ1) is 17.6. The van der Waals surface area contributed by atoms with Gasteiger partial charge in [-0.25, -0.2) is 9.55 Å². The lowest BCUT2D eigenvalue weighted by Crippen LogP contribution is -2.35. The van der Waals surface area contributed by atoms with Crippen LogP contribution in [0, 0.1) is 17.0 Å². The van der Waals surface area contributed by atoms with E-state index in [9.17, 15) is 14.9 Å². The van der Waals surface area contributed by atoms with Crippen LogP contribution < -0.4 is 5.73 Å². The molecule has 0 radical (unpaired) electrons. The van der Waals surface area contributed by atoms with E-state index in [0.29, 0.717) is 12.2 Å². The first-order valence-corrected chi connectivity index (χ1v) is 8.11. The molecule has 1 unspecified atom stereocenters. The van der Waals surface area contributed by atoms with Crippen molar-refractivity contribution >= 4 is 22.7 Å². The first-order chi connectivity index (χ1) is 12.5. The van der Waals surface area contributed by atoms with Crippen molar-refractivity contribution in [1.82, 2.24) is 14.5 Å². The maximum Gasteiger partial charge on any atom is 0.342 e. The lowest BCUT2D eigenvalue weighted by Gasteiger charge is -2.11.